The molecule has 0 aliphatic carbocycles. The van der Waals surface area contributed by atoms with Gasteiger partial charge in [-0.3, -0.25) is 0 Å². The van der Waals surface area contributed by atoms with Crippen molar-refractivity contribution in [2.24, 2.45) is 0 Å². The van der Waals surface area contributed by atoms with Gasteiger partial charge in [0.1, 0.15) is 12.5 Å². The van der Waals surface area contributed by atoms with Gasteiger partial charge in [-0.25, -0.2) is 4.79 Å². The maximum absolute atomic E-state index is 11.1. The van der Waals surface area contributed by atoms with Crippen LogP contribution in [-0.2, 0) is 9.47 Å². The molecule has 0 N–H and O–H groups in total. The van der Waals surface area contributed by atoms with Gasteiger partial charge < -0.3 is 14.4 Å². The van der Waals surface area contributed by atoms with Crippen LogP contribution < -0.4 is 0 Å². The Hall–Kier alpha value is -1.19. The molecule has 0 aromatic heterocycles. The molecule has 1 amide bonds. The highest BCUT2D eigenvalue weighted by Crippen LogP contribution is 2.08. The van der Waals surface area contributed by atoms with Crippen LogP contribution in [0.2, 0.25) is 0 Å². The molecule has 0 unspecified atom stereocenters. The van der Waals surface area contributed by atoms with Crippen molar-refractivity contribution in [3.63, 3.8) is 0 Å². The average molecular weight is 171 g/mol. The molecule has 1 heterocycles. The lowest BCUT2D eigenvalue weighted by Crippen LogP contribution is -2.26. The van der Waals surface area contributed by atoms with E-state index in [1.807, 2.05) is 0 Å². The number of nitrogens with zero attached hydrogens (tertiary/aromatic N) is 1. The predicted octanol–water partition coefficient (Wildman–Crippen LogP) is 1.34. The third-order valence-corrected chi connectivity index (χ3v) is 1.72. The van der Waals surface area contributed by atoms with Crippen molar-refractivity contribution in [1.29, 1.82) is 0 Å². The first kappa shape index (κ1) is 8.90. The smallest absolute Gasteiger partial charge is 0.414 e. The molecule has 68 valence electrons. The summed E-state index contributed by atoms with van der Waals surface area (Å²) in [6, 6.07) is 0. The first-order valence-corrected chi connectivity index (χ1v) is 3.98. The Balaban J connectivity index is 2.22. The zero-order chi connectivity index (χ0) is 8.81. The van der Waals surface area contributed by atoms with Gasteiger partial charge in [-0.05, 0) is 12.8 Å². The summed E-state index contributed by atoms with van der Waals surface area (Å²) in [7, 11) is 1.50. The molecule has 0 aromatic carbocycles. The molecule has 4 nitrogen and oxygen atoms in total. The minimum Gasteiger partial charge on any atom is -0.501 e. The van der Waals surface area contributed by atoms with Crippen molar-refractivity contribution in [2.75, 3.05) is 20.2 Å². The lowest BCUT2D eigenvalue weighted by atomic mass is 10.4. The zero-order valence-corrected chi connectivity index (χ0v) is 7.16. The summed E-state index contributed by atoms with van der Waals surface area (Å²) in [4.78, 5) is 12.8. The van der Waals surface area contributed by atoms with E-state index in [1.165, 1.54) is 19.6 Å². The molecular weight excluding hydrogens is 158 g/mol. The summed E-state index contributed by atoms with van der Waals surface area (Å²) in [5.41, 5.74) is 0. The number of carbonyl (C=O) groups excluding carboxylic acids is 1. The van der Waals surface area contributed by atoms with Crippen molar-refractivity contribution < 1.29 is 14.3 Å². The maximum Gasteiger partial charge on any atom is 0.414 e. The third kappa shape index (κ3) is 2.45. The molecule has 1 aliphatic rings. The van der Waals surface area contributed by atoms with Gasteiger partial charge in [0.15, 0.2) is 0 Å². The monoisotopic (exact) mass is 171 g/mol. The number of methoxy groups -OCH3 is 1. The van der Waals surface area contributed by atoms with Crippen LogP contribution in [-0.4, -0.2) is 31.2 Å². The molecule has 0 bridgehead atoms. The van der Waals surface area contributed by atoms with Gasteiger partial charge in [0.05, 0.1) is 7.11 Å². The fourth-order valence-corrected chi connectivity index (χ4v) is 1.12. The van der Waals surface area contributed by atoms with Crippen LogP contribution in [0.5, 0.6) is 0 Å². The SMILES string of the molecule is CO/C=C/OC(=O)N1CCCC1. The molecule has 1 saturated heterocycles. The number of amides is 1. The number of rotatable bonds is 2. The molecule has 0 atom stereocenters. The Morgan fingerprint density at radius 1 is 1.33 bits per heavy atom. The zero-order valence-electron chi connectivity index (χ0n) is 7.16. The number of ether oxygens (including phenoxy) is 2. The fraction of sp³-hybridized carbons (Fsp3) is 0.625. The molecule has 0 saturated carbocycles. The number of carbonyl (C=O) groups is 1. The van der Waals surface area contributed by atoms with Crippen LogP contribution in [0, 0.1) is 0 Å². The second-order valence-electron chi connectivity index (χ2n) is 2.59. The van der Waals surface area contributed by atoms with Crippen LogP contribution in [0.1, 0.15) is 12.8 Å². The Labute approximate surface area is 71.7 Å². The van der Waals surface area contributed by atoms with E-state index in [-0.39, 0.29) is 6.09 Å². The van der Waals surface area contributed by atoms with Crippen LogP contribution in [0.15, 0.2) is 12.5 Å². The van der Waals surface area contributed by atoms with Crippen molar-refractivity contribution in [3.8, 4) is 0 Å². The van der Waals surface area contributed by atoms with Crippen molar-refractivity contribution in [2.45, 2.75) is 12.8 Å². The lowest BCUT2D eigenvalue weighted by molar-refractivity contribution is 0.144. The first-order valence-electron chi connectivity index (χ1n) is 3.98. The Morgan fingerprint density at radius 3 is 2.58 bits per heavy atom. The lowest BCUT2D eigenvalue weighted by Gasteiger charge is -2.12. The largest absolute Gasteiger partial charge is 0.501 e. The predicted molar refractivity (Wildman–Crippen MR) is 43.4 cm³/mol. The summed E-state index contributed by atoms with van der Waals surface area (Å²) in [6.07, 6.45) is 4.43. The van der Waals surface area contributed by atoms with E-state index in [1.54, 1.807) is 4.90 Å². The average Bonchev–Trinajstić information content (AvgIpc) is 2.56. The van der Waals surface area contributed by atoms with Gasteiger partial charge in [0.2, 0.25) is 0 Å². The molecule has 0 aromatic rings. The van der Waals surface area contributed by atoms with E-state index in [9.17, 15) is 4.79 Å². The third-order valence-electron chi connectivity index (χ3n) is 1.72. The van der Waals surface area contributed by atoms with E-state index < -0.39 is 0 Å². The van der Waals surface area contributed by atoms with Crippen LogP contribution in [0.4, 0.5) is 4.79 Å². The number of hydrogen-bond acceptors (Lipinski definition) is 3. The topological polar surface area (TPSA) is 38.8 Å². The maximum atomic E-state index is 11.1. The molecule has 4 heteroatoms. The molecule has 1 aliphatic heterocycles. The van der Waals surface area contributed by atoms with Crippen LogP contribution >= 0.6 is 0 Å². The second kappa shape index (κ2) is 4.64. The van der Waals surface area contributed by atoms with E-state index in [0.29, 0.717) is 0 Å². The molecular formula is C8H13NO3. The molecule has 12 heavy (non-hydrogen) atoms. The van der Waals surface area contributed by atoms with Crippen LogP contribution in [0.3, 0.4) is 0 Å². The van der Waals surface area contributed by atoms with Crippen molar-refractivity contribution in [1.82, 2.24) is 4.90 Å². The molecule has 1 fully saturated rings. The normalized spacial score (nSPS) is 16.9. The summed E-state index contributed by atoms with van der Waals surface area (Å²) in [5.74, 6) is 0. The second-order valence-corrected chi connectivity index (χ2v) is 2.59. The van der Waals surface area contributed by atoms with Gasteiger partial charge in [-0.15, -0.1) is 0 Å². The Bertz CT molecular complexity index is 173. The van der Waals surface area contributed by atoms with E-state index in [0.717, 1.165) is 25.9 Å². The van der Waals surface area contributed by atoms with Gasteiger partial charge in [0, 0.05) is 13.1 Å². The summed E-state index contributed by atoms with van der Waals surface area (Å²) < 4.78 is 9.33. The summed E-state index contributed by atoms with van der Waals surface area (Å²) >= 11 is 0. The Morgan fingerprint density at radius 2 is 2.00 bits per heavy atom. The number of likely N-dealkylation sites (tertiary alicyclic amines) is 1. The quantitative estimate of drug-likeness (QED) is 0.588. The highest BCUT2D eigenvalue weighted by atomic mass is 16.6. The van der Waals surface area contributed by atoms with Gasteiger partial charge >= 0.3 is 6.09 Å². The van der Waals surface area contributed by atoms with Gasteiger partial charge in [-0.2, -0.15) is 0 Å². The van der Waals surface area contributed by atoms with E-state index >= 15 is 0 Å². The molecule has 1 rings (SSSR count). The standard InChI is InChI=1S/C8H13NO3/c1-11-6-7-12-8(10)9-4-2-3-5-9/h6-7H,2-5H2,1H3/b7-6+. The van der Waals surface area contributed by atoms with Crippen molar-refractivity contribution in [3.05, 3.63) is 12.5 Å². The van der Waals surface area contributed by atoms with E-state index in [4.69, 9.17) is 4.74 Å². The van der Waals surface area contributed by atoms with E-state index in [2.05, 4.69) is 4.74 Å². The highest BCUT2D eigenvalue weighted by Gasteiger charge is 2.17. The Kier molecular flexibility index (Phi) is 3.44. The minimum atomic E-state index is -0.291. The van der Waals surface area contributed by atoms with Gasteiger partial charge in [-0.1, -0.05) is 0 Å². The molecule has 0 radical (unpaired) electrons. The minimum absolute atomic E-state index is 0.291. The molecule has 0 spiro atoms. The fourth-order valence-electron chi connectivity index (χ4n) is 1.12. The highest BCUT2D eigenvalue weighted by molar-refractivity contribution is 5.68. The number of hydrogen-bond donors (Lipinski definition) is 0. The van der Waals surface area contributed by atoms with Crippen molar-refractivity contribution >= 4 is 6.09 Å². The summed E-state index contributed by atoms with van der Waals surface area (Å²) in [5, 5.41) is 0. The van der Waals surface area contributed by atoms with Gasteiger partial charge in [0.25, 0.3) is 0 Å². The van der Waals surface area contributed by atoms with Crippen LogP contribution in [0.25, 0.3) is 0 Å². The summed E-state index contributed by atoms with van der Waals surface area (Å²) in [6.45, 7) is 1.61. The first-order chi connectivity index (χ1) is 5.84.